The number of nitrogens with one attached hydrogen (secondary N) is 1. The molecule has 0 aromatic heterocycles. The van der Waals surface area contributed by atoms with Gasteiger partial charge in [-0.3, -0.25) is 4.79 Å². The van der Waals surface area contributed by atoms with E-state index >= 15 is 0 Å². The first-order chi connectivity index (χ1) is 11.2. The van der Waals surface area contributed by atoms with Gasteiger partial charge in [0, 0.05) is 48.7 Å². The lowest BCUT2D eigenvalue weighted by Crippen LogP contribution is -2.44. The predicted octanol–water partition coefficient (Wildman–Crippen LogP) is 3.05. The van der Waals surface area contributed by atoms with Gasteiger partial charge < -0.3 is 10.2 Å². The van der Waals surface area contributed by atoms with E-state index in [4.69, 9.17) is 0 Å². The molecular weight excluding hydrogens is 311 g/mol. The van der Waals surface area contributed by atoms with Gasteiger partial charge in [0.25, 0.3) is 0 Å². The number of amides is 1. The summed E-state index contributed by atoms with van der Waals surface area (Å²) in [5, 5.41) is 3.45. The van der Waals surface area contributed by atoms with Gasteiger partial charge in [-0.15, -0.1) is 0 Å². The lowest BCUT2D eigenvalue weighted by molar-refractivity contribution is -0.136. The first-order valence-electron chi connectivity index (χ1n) is 8.57. The molecule has 0 unspecified atom stereocenters. The quantitative estimate of drug-likeness (QED) is 0.917. The zero-order valence-corrected chi connectivity index (χ0v) is 14.3. The highest BCUT2D eigenvalue weighted by Crippen LogP contribution is 2.27. The second-order valence-corrected chi connectivity index (χ2v) is 7.68. The van der Waals surface area contributed by atoms with Crippen molar-refractivity contribution >= 4 is 17.7 Å². The molecule has 1 aromatic carbocycles. The highest BCUT2D eigenvalue weighted by Gasteiger charge is 2.29. The van der Waals surface area contributed by atoms with Crippen LogP contribution >= 0.6 is 11.8 Å². The van der Waals surface area contributed by atoms with Crippen LogP contribution in [-0.4, -0.2) is 41.4 Å². The van der Waals surface area contributed by atoms with Crippen LogP contribution in [0.3, 0.4) is 0 Å². The first-order valence-corrected chi connectivity index (χ1v) is 9.73. The molecule has 126 valence electrons. The van der Waals surface area contributed by atoms with Gasteiger partial charge in [-0.2, -0.15) is 11.8 Å². The Kier molecular flexibility index (Phi) is 5.95. The van der Waals surface area contributed by atoms with Crippen molar-refractivity contribution in [1.82, 2.24) is 10.2 Å². The van der Waals surface area contributed by atoms with Crippen LogP contribution in [0.15, 0.2) is 24.3 Å². The van der Waals surface area contributed by atoms with E-state index in [9.17, 15) is 9.18 Å². The summed E-state index contributed by atoms with van der Waals surface area (Å²) in [5.74, 6) is 2.56. The summed E-state index contributed by atoms with van der Waals surface area (Å²) < 4.78 is 13.6. The summed E-state index contributed by atoms with van der Waals surface area (Å²) in [6.07, 6.45) is 3.93. The molecule has 1 amide bonds. The molecule has 3 rings (SSSR count). The smallest absolute Gasteiger partial charge is 0.225 e. The molecular formula is C18H25FN2OS. The standard InChI is InChI=1S/C18H25FN2OS/c19-17-4-2-1-3-15(17)13-20-16-7-5-14(6-8-16)18(22)21-9-11-23-12-10-21/h1-4,14,16,20H,5-13H2. The van der Waals surface area contributed by atoms with Crippen molar-refractivity contribution < 1.29 is 9.18 Å². The minimum Gasteiger partial charge on any atom is -0.341 e. The van der Waals surface area contributed by atoms with Crippen LogP contribution in [0.2, 0.25) is 0 Å². The van der Waals surface area contributed by atoms with Gasteiger partial charge in [0.15, 0.2) is 0 Å². The summed E-state index contributed by atoms with van der Waals surface area (Å²) in [6, 6.07) is 7.31. The van der Waals surface area contributed by atoms with E-state index in [0.29, 0.717) is 18.5 Å². The molecule has 1 saturated heterocycles. The van der Waals surface area contributed by atoms with Gasteiger partial charge in [-0.05, 0) is 31.7 Å². The molecule has 0 bridgehead atoms. The van der Waals surface area contributed by atoms with Crippen LogP contribution in [0.25, 0.3) is 0 Å². The van der Waals surface area contributed by atoms with Crippen molar-refractivity contribution in [3.8, 4) is 0 Å². The molecule has 1 aromatic rings. The van der Waals surface area contributed by atoms with Crippen LogP contribution in [0.5, 0.6) is 0 Å². The molecule has 1 aliphatic carbocycles. The number of nitrogens with zero attached hydrogens (tertiary/aromatic N) is 1. The average molecular weight is 336 g/mol. The molecule has 5 heteroatoms. The Morgan fingerprint density at radius 2 is 1.87 bits per heavy atom. The Labute approximate surface area is 142 Å². The molecule has 23 heavy (non-hydrogen) atoms. The Morgan fingerprint density at radius 3 is 2.57 bits per heavy atom. The van der Waals surface area contributed by atoms with Crippen LogP contribution in [-0.2, 0) is 11.3 Å². The maximum absolute atomic E-state index is 13.6. The molecule has 0 spiro atoms. The number of rotatable bonds is 4. The minimum atomic E-state index is -0.146. The Bertz CT molecular complexity index is 526. The zero-order valence-electron chi connectivity index (χ0n) is 13.5. The molecule has 0 radical (unpaired) electrons. The molecule has 0 atom stereocenters. The van der Waals surface area contributed by atoms with Crippen LogP contribution in [0, 0.1) is 11.7 Å². The van der Waals surface area contributed by atoms with Crippen molar-refractivity contribution in [1.29, 1.82) is 0 Å². The predicted molar refractivity (Wildman–Crippen MR) is 92.9 cm³/mol. The summed E-state index contributed by atoms with van der Waals surface area (Å²) in [5.41, 5.74) is 0.719. The van der Waals surface area contributed by atoms with Crippen LogP contribution in [0.4, 0.5) is 4.39 Å². The number of carbonyl (C=O) groups is 1. The van der Waals surface area contributed by atoms with Gasteiger partial charge >= 0.3 is 0 Å². The summed E-state index contributed by atoms with van der Waals surface area (Å²) in [7, 11) is 0. The topological polar surface area (TPSA) is 32.3 Å². The third-order valence-electron chi connectivity index (χ3n) is 4.94. The number of benzene rings is 1. The molecule has 1 N–H and O–H groups in total. The van der Waals surface area contributed by atoms with E-state index in [2.05, 4.69) is 5.32 Å². The van der Waals surface area contributed by atoms with Crippen molar-refractivity contribution in [2.45, 2.75) is 38.3 Å². The maximum Gasteiger partial charge on any atom is 0.225 e. The van der Waals surface area contributed by atoms with Gasteiger partial charge in [0.2, 0.25) is 5.91 Å². The monoisotopic (exact) mass is 336 g/mol. The van der Waals surface area contributed by atoms with E-state index in [1.807, 2.05) is 28.8 Å². The fraction of sp³-hybridized carbons (Fsp3) is 0.611. The normalized spacial score (nSPS) is 25.3. The lowest BCUT2D eigenvalue weighted by atomic mass is 9.85. The Morgan fingerprint density at radius 1 is 1.17 bits per heavy atom. The number of halogens is 1. The minimum absolute atomic E-state index is 0.146. The van der Waals surface area contributed by atoms with Gasteiger partial charge in [-0.1, -0.05) is 18.2 Å². The van der Waals surface area contributed by atoms with Crippen molar-refractivity contribution in [3.05, 3.63) is 35.6 Å². The molecule has 1 heterocycles. The van der Waals surface area contributed by atoms with E-state index in [-0.39, 0.29) is 11.7 Å². The molecule has 2 aliphatic rings. The fourth-order valence-electron chi connectivity index (χ4n) is 3.48. The molecule has 2 fully saturated rings. The highest BCUT2D eigenvalue weighted by molar-refractivity contribution is 7.99. The summed E-state index contributed by atoms with van der Waals surface area (Å²) in [4.78, 5) is 14.6. The average Bonchev–Trinajstić information content (AvgIpc) is 2.62. The molecule has 1 aliphatic heterocycles. The SMILES string of the molecule is O=C(C1CCC(NCc2ccccc2F)CC1)N1CCSCC1. The number of hydrogen-bond acceptors (Lipinski definition) is 3. The maximum atomic E-state index is 13.6. The van der Waals surface area contributed by atoms with Crippen LogP contribution < -0.4 is 5.32 Å². The largest absolute Gasteiger partial charge is 0.341 e. The van der Waals surface area contributed by atoms with Crippen molar-refractivity contribution in [2.24, 2.45) is 5.92 Å². The Balaban J connectivity index is 1.43. The van der Waals surface area contributed by atoms with Gasteiger partial charge in [0.1, 0.15) is 5.82 Å². The summed E-state index contributed by atoms with van der Waals surface area (Å²) in [6.45, 7) is 2.39. The zero-order chi connectivity index (χ0) is 16.1. The number of carbonyl (C=O) groups excluding carboxylic acids is 1. The summed E-state index contributed by atoms with van der Waals surface area (Å²) >= 11 is 1.93. The van der Waals surface area contributed by atoms with Crippen molar-refractivity contribution in [2.75, 3.05) is 24.6 Å². The lowest BCUT2D eigenvalue weighted by Gasteiger charge is -2.34. The van der Waals surface area contributed by atoms with E-state index in [1.54, 1.807) is 6.07 Å². The Hall–Kier alpha value is -1.07. The van der Waals surface area contributed by atoms with E-state index in [1.165, 1.54) is 6.07 Å². The first kappa shape index (κ1) is 16.8. The fourth-order valence-corrected chi connectivity index (χ4v) is 4.39. The van der Waals surface area contributed by atoms with E-state index < -0.39 is 0 Å². The second-order valence-electron chi connectivity index (χ2n) is 6.46. The molecule has 3 nitrogen and oxygen atoms in total. The van der Waals surface area contributed by atoms with Crippen LogP contribution in [0.1, 0.15) is 31.2 Å². The van der Waals surface area contributed by atoms with E-state index in [0.717, 1.165) is 55.8 Å². The third-order valence-corrected chi connectivity index (χ3v) is 5.88. The highest BCUT2D eigenvalue weighted by atomic mass is 32.2. The third kappa shape index (κ3) is 4.48. The van der Waals surface area contributed by atoms with Gasteiger partial charge in [0.05, 0.1) is 0 Å². The van der Waals surface area contributed by atoms with Gasteiger partial charge in [-0.25, -0.2) is 4.39 Å². The second kappa shape index (κ2) is 8.15. The molecule has 1 saturated carbocycles. The number of thioether (sulfide) groups is 1. The van der Waals surface area contributed by atoms with Crippen molar-refractivity contribution in [3.63, 3.8) is 0 Å². The number of hydrogen-bond donors (Lipinski definition) is 1.